The number of benzene rings is 4. The van der Waals surface area contributed by atoms with Crippen LogP contribution < -0.4 is 4.43 Å². The fourth-order valence-electron chi connectivity index (χ4n) is 8.46. The third-order valence-corrected chi connectivity index (χ3v) is 17.4. The van der Waals surface area contributed by atoms with Gasteiger partial charge in [-0.1, -0.05) is 87.5 Å². The first-order chi connectivity index (χ1) is 25.5. The zero-order chi connectivity index (χ0) is 38.6. The summed E-state index contributed by atoms with van der Waals surface area (Å²) >= 11 is 3.96. The van der Waals surface area contributed by atoms with Crippen LogP contribution in [-0.2, 0) is 12.7 Å². The Balaban J connectivity index is 1.31. The van der Waals surface area contributed by atoms with Gasteiger partial charge in [0.1, 0.15) is 24.4 Å². The molecule has 1 N–H and O–H groups in total. The number of pyridine rings is 1. The number of para-hydroxylation sites is 1. The number of rotatable bonds is 9. The highest BCUT2D eigenvalue weighted by atomic mass is 79.9. The smallest absolute Gasteiger partial charge is 0.416 e. The fourth-order valence-corrected chi connectivity index (χ4v) is 10.2. The minimum atomic E-state index is -4.43. The lowest BCUT2D eigenvalue weighted by molar-refractivity contribution is -0.984. The monoisotopic (exact) mass is 813 g/mol. The van der Waals surface area contributed by atoms with E-state index < -0.39 is 26.2 Å². The topological polar surface area (TPSA) is 42.4 Å². The fraction of sp³-hybridized carbons (Fsp3) is 0.356. The van der Waals surface area contributed by atoms with Crippen molar-refractivity contribution in [2.45, 2.75) is 76.6 Å². The van der Waals surface area contributed by atoms with Crippen LogP contribution in [0.2, 0.25) is 18.1 Å². The maximum absolute atomic E-state index is 13.4. The molecular weight excluding hydrogens is 765 g/mol. The van der Waals surface area contributed by atoms with Crippen LogP contribution in [0.3, 0.4) is 0 Å². The molecule has 0 radical (unpaired) electrons. The van der Waals surface area contributed by atoms with Crippen LogP contribution >= 0.6 is 15.9 Å². The van der Waals surface area contributed by atoms with Crippen molar-refractivity contribution in [2.24, 2.45) is 11.8 Å². The van der Waals surface area contributed by atoms with Gasteiger partial charge in [0.15, 0.2) is 0 Å². The van der Waals surface area contributed by atoms with E-state index in [2.05, 4.69) is 98.8 Å². The highest BCUT2D eigenvalue weighted by molar-refractivity contribution is 9.10. The van der Waals surface area contributed by atoms with Crippen LogP contribution in [0.1, 0.15) is 56.4 Å². The standard InChI is InChI=1S/C45H49BrF3N2O2Si/c1-7-30-28-51(27-29-23-36(31-13-9-8-10-14-31)43(38(46)24-29)53-54(5,6)44(2,3)4)22-21-33(30)25-41(51)42(52)37-26-40(50-39-16-12-11-15-35(37)39)32-17-19-34(20-18-32)45(47,48)49/h7-20,23-24,26,30,33,41-42,52H,1,21-22,25,27-28H2,2-6H3/q+1/t30-,33-,41+,42-,51+/m0/s1. The summed E-state index contributed by atoms with van der Waals surface area (Å²) in [5.41, 5.74) is 5.16. The number of aliphatic hydroxyl groups excluding tert-OH is 1. The molecule has 0 unspecified atom stereocenters. The van der Waals surface area contributed by atoms with Crippen molar-refractivity contribution in [3.63, 3.8) is 0 Å². The highest BCUT2D eigenvalue weighted by Gasteiger charge is 2.54. The van der Waals surface area contributed by atoms with Gasteiger partial charge in [-0.2, -0.15) is 13.2 Å². The summed E-state index contributed by atoms with van der Waals surface area (Å²) in [7, 11) is -2.19. The lowest BCUT2D eigenvalue weighted by atomic mass is 9.71. The molecule has 3 fully saturated rings. The minimum Gasteiger partial charge on any atom is -0.542 e. The summed E-state index contributed by atoms with van der Waals surface area (Å²) in [5, 5.41) is 13.5. The van der Waals surface area contributed by atoms with E-state index in [0.717, 1.165) is 75.9 Å². The molecule has 9 heteroatoms. The van der Waals surface area contributed by atoms with Gasteiger partial charge in [-0.3, -0.25) is 0 Å². The molecule has 0 saturated carbocycles. The van der Waals surface area contributed by atoms with Gasteiger partial charge in [-0.05, 0) is 87.5 Å². The molecule has 5 aromatic rings. The molecule has 54 heavy (non-hydrogen) atoms. The quantitative estimate of drug-likeness (QED) is 0.0916. The Bertz CT molecular complexity index is 2170. The summed E-state index contributed by atoms with van der Waals surface area (Å²) in [4.78, 5) is 4.86. The van der Waals surface area contributed by atoms with E-state index in [4.69, 9.17) is 9.41 Å². The van der Waals surface area contributed by atoms with Crippen molar-refractivity contribution in [1.82, 2.24) is 4.98 Å². The number of alkyl halides is 3. The van der Waals surface area contributed by atoms with Crippen LogP contribution in [-0.4, -0.2) is 42.0 Å². The van der Waals surface area contributed by atoms with Crippen molar-refractivity contribution in [2.75, 3.05) is 13.1 Å². The predicted octanol–water partition coefficient (Wildman–Crippen LogP) is 12.4. The van der Waals surface area contributed by atoms with Gasteiger partial charge in [-0.15, -0.1) is 6.58 Å². The van der Waals surface area contributed by atoms with Crippen molar-refractivity contribution in [1.29, 1.82) is 0 Å². The molecule has 3 aliphatic rings. The van der Waals surface area contributed by atoms with Crippen molar-refractivity contribution in [3.05, 3.63) is 131 Å². The largest absolute Gasteiger partial charge is 0.542 e. The maximum Gasteiger partial charge on any atom is 0.416 e. The van der Waals surface area contributed by atoms with E-state index in [1.54, 1.807) is 0 Å². The first kappa shape index (κ1) is 38.5. The van der Waals surface area contributed by atoms with Crippen molar-refractivity contribution < 1.29 is 27.2 Å². The minimum absolute atomic E-state index is 0.0161. The summed E-state index contributed by atoms with van der Waals surface area (Å²) < 4.78 is 48.9. The number of quaternary nitrogens is 1. The Morgan fingerprint density at radius 3 is 2.31 bits per heavy atom. The van der Waals surface area contributed by atoms with Crippen LogP contribution in [0.25, 0.3) is 33.3 Å². The van der Waals surface area contributed by atoms with Gasteiger partial charge in [0.25, 0.3) is 8.32 Å². The van der Waals surface area contributed by atoms with Gasteiger partial charge in [0.2, 0.25) is 0 Å². The number of nitrogens with zero attached hydrogens (tertiary/aromatic N) is 2. The zero-order valence-corrected chi connectivity index (χ0v) is 34.2. The van der Waals surface area contributed by atoms with E-state index in [1.165, 1.54) is 12.1 Å². The lowest BCUT2D eigenvalue weighted by Crippen LogP contribution is -2.67. The second-order valence-corrected chi connectivity index (χ2v) is 22.4. The van der Waals surface area contributed by atoms with Crippen LogP contribution in [0.5, 0.6) is 5.75 Å². The second-order valence-electron chi connectivity index (χ2n) is 16.9. The van der Waals surface area contributed by atoms with Gasteiger partial charge < -0.3 is 14.0 Å². The van der Waals surface area contributed by atoms with Crippen LogP contribution in [0.15, 0.2) is 114 Å². The highest BCUT2D eigenvalue weighted by Crippen LogP contribution is 2.50. The Labute approximate surface area is 326 Å². The zero-order valence-electron chi connectivity index (χ0n) is 31.6. The molecule has 4 aromatic carbocycles. The Hall–Kier alpha value is -3.76. The van der Waals surface area contributed by atoms with Crippen molar-refractivity contribution >= 4 is 35.2 Å². The molecule has 1 aromatic heterocycles. The molecule has 4 heterocycles. The summed E-state index contributed by atoms with van der Waals surface area (Å²) in [6, 6.07) is 29.5. The Kier molecular flexibility index (Phi) is 10.3. The Morgan fingerprint density at radius 2 is 1.65 bits per heavy atom. The first-order valence-corrected chi connectivity index (χ1v) is 22.5. The third kappa shape index (κ3) is 7.32. The molecule has 4 nitrogen and oxygen atoms in total. The summed E-state index contributed by atoms with van der Waals surface area (Å²) in [6.07, 6.45) is -1.28. The van der Waals surface area contributed by atoms with E-state index >= 15 is 0 Å². The van der Waals surface area contributed by atoms with Crippen molar-refractivity contribution in [3.8, 4) is 28.1 Å². The number of fused-ring (bicyclic) bond motifs is 4. The number of hydrogen-bond donors (Lipinski definition) is 1. The number of halogens is 4. The van der Waals surface area contributed by atoms with Gasteiger partial charge >= 0.3 is 6.18 Å². The Morgan fingerprint density at radius 1 is 0.963 bits per heavy atom. The van der Waals surface area contributed by atoms with E-state index in [0.29, 0.717) is 39.6 Å². The maximum atomic E-state index is 13.4. The number of hydrogen-bond acceptors (Lipinski definition) is 3. The molecule has 8 rings (SSSR count). The number of aromatic nitrogens is 1. The molecule has 282 valence electrons. The van der Waals surface area contributed by atoms with Gasteiger partial charge in [0.05, 0.1) is 34.3 Å². The molecule has 0 amide bonds. The molecular formula is C45H49BrF3N2O2Si+. The SMILES string of the molecule is C=C[C@H]1C[N@+]2(Cc3cc(Br)c(O[Si](C)(C)C(C)(C)C)c(-c4ccccc4)c3)CC[C@H]1C[C@@H]2[C@@H](O)c1cc(-c2ccc(C(F)(F)F)cc2)nc2ccccc12. The van der Waals surface area contributed by atoms with Gasteiger partial charge in [0, 0.05) is 40.8 Å². The predicted molar refractivity (Wildman–Crippen MR) is 218 cm³/mol. The molecule has 3 saturated heterocycles. The number of aliphatic hydroxyl groups is 1. The molecule has 0 spiro atoms. The van der Waals surface area contributed by atoms with E-state index in [1.807, 2.05) is 36.4 Å². The van der Waals surface area contributed by atoms with Crippen LogP contribution in [0.4, 0.5) is 13.2 Å². The molecule has 5 atom stereocenters. The second kappa shape index (κ2) is 14.4. The first-order valence-electron chi connectivity index (χ1n) is 18.8. The summed E-state index contributed by atoms with van der Waals surface area (Å²) in [5.74, 6) is 1.61. The van der Waals surface area contributed by atoms with Gasteiger partial charge in [-0.25, -0.2) is 4.98 Å². The third-order valence-electron chi connectivity index (χ3n) is 12.5. The number of piperidine rings is 3. The average molecular weight is 815 g/mol. The average Bonchev–Trinajstić information content (AvgIpc) is 3.14. The van der Waals surface area contributed by atoms with Crippen LogP contribution in [0, 0.1) is 11.8 Å². The molecule has 3 aliphatic heterocycles. The van der Waals surface area contributed by atoms with E-state index in [9.17, 15) is 18.3 Å². The normalized spacial score (nSPS) is 22.3. The molecule has 0 aliphatic carbocycles. The summed E-state index contributed by atoms with van der Waals surface area (Å²) in [6.45, 7) is 18.0. The van der Waals surface area contributed by atoms with E-state index in [-0.39, 0.29) is 11.1 Å². The molecule has 2 bridgehead atoms. The lowest BCUT2D eigenvalue weighted by Gasteiger charge is -2.58.